The molecule has 8 nitrogen and oxygen atoms in total. The fourth-order valence-electron chi connectivity index (χ4n) is 3.79. The van der Waals surface area contributed by atoms with E-state index in [4.69, 9.17) is 4.74 Å². The zero-order valence-electron chi connectivity index (χ0n) is 17.9. The number of fused-ring (bicyclic) bond motifs is 1. The highest BCUT2D eigenvalue weighted by molar-refractivity contribution is 5.77. The Labute approximate surface area is 172 Å². The summed E-state index contributed by atoms with van der Waals surface area (Å²) < 4.78 is 7.16. The van der Waals surface area contributed by atoms with Crippen molar-refractivity contribution in [2.75, 3.05) is 26.8 Å². The third kappa shape index (κ3) is 5.83. The van der Waals surface area contributed by atoms with E-state index in [0.717, 1.165) is 62.1 Å². The lowest BCUT2D eigenvalue weighted by Gasteiger charge is -2.22. The van der Waals surface area contributed by atoms with Crippen molar-refractivity contribution < 1.29 is 9.53 Å². The molecule has 0 radical (unpaired) electrons. The average molecular weight is 401 g/mol. The second-order valence-corrected chi connectivity index (χ2v) is 8.11. The molecule has 0 saturated heterocycles. The first-order valence-corrected chi connectivity index (χ1v) is 10.3. The largest absolute Gasteiger partial charge is 0.375 e. The van der Waals surface area contributed by atoms with Gasteiger partial charge in [0.2, 0.25) is 5.91 Å². The molecule has 1 aliphatic heterocycles. The molecule has 1 N–H and O–H groups in total. The summed E-state index contributed by atoms with van der Waals surface area (Å²) in [6.45, 7) is 9.80. The summed E-state index contributed by atoms with van der Waals surface area (Å²) in [4.78, 5) is 19.2. The van der Waals surface area contributed by atoms with E-state index in [1.807, 2.05) is 13.0 Å². The van der Waals surface area contributed by atoms with Gasteiger partial charge in [-0.05, 0) is 31.4 Å². The van der Waals surface area contributed by atoms with Gasteiger partial charge in [0.25, 0.3) is 0 Å². The number of methoxy groups -OCH3 is 1. The Bertz CT molecular complexity index is 819. The number of amides is 1. The van der Waals surface area contributed by atoms with E-state index in [0.29, 0.717) is 5.92 Å². The van der Waals surface area contributed by atoms with Crippen LogP contribution in [0.15, 0.2) is 18.2 Å². The van der Waals surface area contributed by atoms with E-state index in [9.17, 15) is 4.79 Å². The standard InChI is InChI=1S/C21H32N6O2/c1-15(2)12-18(23-20(28)14-29-4)21-25-24-19-8-9-26(10-11-27(19)21)13-17-7-5-6-16(3)22-17/h5-7,15,18H,8-14H2,1-4H3,(H,23,28)/t18-/m0/s1. The van der Waals surface area contributed by atoms with Crippen LogP contribution in [-0.2, 0) is 29.0 Å². The maximum Gasteiger partial charge on any atom is 0.246 e. The van der Waals surface area contributed by atoms with E-state index < -0.39 is 0 Å². The Morgan fingerprint density at radius 2 is 2.07 bits per heavy atom. The molecule has 8 heteroatoms. The zero-order chi connectivity index (χ0) is 20.8. The lowest BCUT2D eigenvalue weighted by atomic mass is 10.0. The van der Waals surface area contributed by atoms with E-state index in [1.54, 1.807) is 0 Å². The number of nitrogens with one attached hydrogen (secondary N) is 1. The number of rotatable bonds is 8. The van der Waals surface area contributed by atoms with Crippen molar-refractivity contribution >= 4 is 5.91 Å². The Balaban J connectivity index is 1.72. The quantitative estimate of drug-likeness (QED) is 0.728. The van der Waals surface area contributed by atoms with E-state index in [1.165, 1.54) is 7.11 Å². The Hall–Kier alpha value is -2.32. The van der Waals surface area contributed by atoms with Crippen LogP contribution in [0.1, 0.15) is 49.3 Å². The molecule has 0 unspecified atom stereocenters. The first-order valence-electron chi connectivity index (χ1n) is 10.3. The highest BCUT2D eigenvalue weighted by Gasteiger charge is 2.26. The fourth-order valence-corrected chi connectivity index (χ4v) is 3.79. The van der Waals surface area contributed by atoms with Gasteiger partial charge in [-0.2, -0.15) is 0 Å². The summed E-state index contributed by atoms with van der Waals surface area (Å²) in [7, 11) is 1.53. The molecule has 0 spiro atoms. The maximum absolute atomic E-state index is 12.1. The van der Waals surface area contributed by atoms with Gasteiger partial charge >= 0.3 is 0 Å². The molecule has 0 bridgehead atoms. The number of aryl methyl sites for hydroxylation is 1. The second-order valence-electron chi connectivity index (χ2n) is 8.11. The van der Waals surface area contributed by atoms with Crippen LogP contribution in [0.5, 0.6) is 0 Å². The van der Waals surface area contributed by atoms with Crippen molar-refractivity contribution in [3.8, 4) is 0 Å². The molecule has 0 aromatic carbocycles. The summed E-state index contributed by atoms with van der Waals surface area (Å²) in [5.74, 6) is 2.12. The van der Waals surface area contributed by atoms with Crippen molar-refractivity contribution in [2.24, 2.45) is 5.92 Å². The van der Waals surface area contributed by atoms with Crippen LogP contribution in [0, 0.1) is 12.8 Å². The maximum atomic E-state index is 12.1. The second kappa shape index (κ2) is 9.93. The number of aromatic nitrogens is 4. The van der Waals surface area contributed by atoms with Gasteiger partial charge in [-0.15, -0.1) is 10.2 Å². The Morgan fingerprint density at radius 3 is 2.79 bits per heavy atom. The SMILES string of the molecule is COCC(=O)N[C@@H](CC(C)C)c1nnc2n1CCN(Cc1cccc(C)n1)CC2. The number of ether oxygens (including phenoxy) is 1. The third-order valence-corrected chi connectivity index (χ3v) is 5.11. The predicted octanol–water partition coefficient (Wildman–Crippen LogP) is 1.89. The number of carbonyl (C=O) groups is 1. The Kier molecular flexibility index (Phi) is 7.33. The van der Waals surface area contributed by atoms with Gasteiger partial charge in [-0.3, -0.25) is 14.7 Å². The van der Waals surface area contributed by atoms with Crippen molar-refractivity contribution in [1.29, 1.82) is 0 Å². The van der Waals surface area contributed by atoms with Crippen molar-refractivity contribution in [2.45, 2.75) is 52.7 Å². The fraction of sp³-hybridized carbons (Fsp3) is 0.619. The molecule has 1 atom stereocenters. The average Bonchev–Trinajstić information content (AvgIpc) is 2.96. The molecule has 3 rings (SSSR count). The summed E-state index contributed by atoms with van der Waals surface area (Å²) in [5.41, 5.74) is 2.13. The molecule has 1 aliphatic rings. The predicted molar refractivity (Wildman–Crippen MR) is 110 cm³/mol. The minimum atomic E-state index is -0.163. The number of pyridine rings is 1. The van der Waals surface area contributed by atoms with Crippen LogP contribution in [0.4, 0.5) is 0 Å². The number of hydrogen-bond acceptors (Lipinski definition) is 6. The van der Waals surface area contributed by atoms with E-state index in [-0.39, 0.29) is 18.6 Å². The van der Waals surface area contributed by atoms with Crippen molar-refractivity contribution in [3.63, 3.8) is 0 Å². The lowest BCUT2D eigenvalue weighted by molar-refractivity contribution is -0.125. The molecule has 158 valence electrons. The molecular weight excluding hydrogens is 368 g/mol. The van der Waals surface area contributed by atoms with Gasteiger partial charge in [0.1, 0.15) is 12.4 Å². The van der Waals surface area contributed by atoms with Crippen LogP contribution in [0.25, 0.3) is 0 Å². The third-order valence-electron chi connectivity index (χ3n) is 5.11. The molecule has 3 heterocycles. The molecule has 29 heavy (non-hydrogen) atoms. The van der Waals surface area contributed by atoms with Crippen molar-refractivity contribution in [3.05, 3.63) is 41.2 Å². The summed E-state index contributed by atoms with van der Waals surface area (Å²) >= 11 is 0. The van der Waals surface area contributed by atoms with E-state index >= 15 is 0 Å². The normalized spacial score (nSPS) is 15.8. The van der Waals surface area contributed by atoms with Crippen molar-refractivity contribution in [1.82, 2.24) is 30.0 Å². The molecule has 1 amide bonds. The minimum absolute atomic E-state index is 0.0485. The molecule has 2 aromatic rings. The zero-order valence-corrected chi connectivity index (χ0v) is 17.9. The minimum Gasteiger partial charge on any atom is -0.375 e. The number of carbonyl (C=O) groups excluding carboxylic acids is 1. The van der Waals surface area contributed by atoms with Crippen LogP contribution >= 0.6 is 0 Å². The first-order chi connectivity index (χ1) is 14.0. The highest BCUT2D eigenvalue weighted by Crippen LogP contribution is 2.22. The number of nitrogens with zero attached hydrogens (tertiary/aromatic N) is 5. The topological polar surface area (TPSA) is 85.2 Å². The van der Waals surface area contributed by atoms with E-state index in [2.05, 4.69) is 55.9 Å². The van der Waals surface area contributed by atoms with Gasteiger partial charge in [0.15, 0.2) is 5.82 Å². The van der Waals surface area contributed by atoms with Crippen LogP contribution in [0.3, 0.4) is 0 Å². The number of hydrogen-bond donors (Lipinski definition) is 1. The van der Waals surface area contributed by atoms with Gasteiger partial charge in [0, 0.05) is 45.4 Å². The Morgan fingerprint density at radius 1 is 1.24 bits per heavy atom. The van der Waals surface area contributed by atoms with Gasteiger partial charge in [-0.1, -0.05) is 19.9 Å². The highest BCUT2D eigenvalue weighted by atomic mass is 16.5. The van der Waals surface area contributed by atoms with Crippen LogP contribution in [0.2, 0.25) is 0 Å². The molecule has 2 aromatic heterocycles. The summed E-state index contributed by atoms with van der Waals surface area (Å²) in [5, 5.41) is 12.0. The summed E-state index contributed by atoms with van der Waals surface area (Å²) in [6, 6.07) is 5.99. The molecule has 0 fully saturated rings. The van der Waals surface area contributed by atoms with Crippen LogP contribution < -0.4 is 5.32 Å². The summed E-state index contributed by atoms with van der Waals surface area (Å²) in [6.07, 6.45) is 1.64. The monoisotopic (exact) mass is 400 g/mol. The van der Waals surface area contributed by atoms with Gasteiger partial charge in [0.05, 0.1) is 11.7 Å². The molecule has 0 aliphatic carbocycles. The first kappa shape index (κ1) is 21.4. The molecular formula is C21H32N6O2. The van der Waals surface area contributed by atoms with Gasteiger partial charge in [-0.25, -0.2) is 0 Å². The van der Waals surface area contributed by atoms with Crippen LogP contribution in [-0.4, -0.2) is 57.4 Å². The molecule has 0 saturated carbocycles. The van der Waals surface area contributed by atoms with Gasteiger partial charge < -0.3 is 14.6 Å². The smallest absolute Gasteiger partial charge is 0.246 e. The lowest BCUT2D eigenvalue weighted by Crippen LogP contribution is -2.34.